The highest BCUT2D eigenvalue weighted by atomic mass is 35.5. The summed E-state index contributed by atoms with van der Waals surface area (Å²) >= 11 is 6.06. The number of halogens is 1. The number of likely N-dealkylation sites (tertiary alicyclic amines) is 1. The molecular formula is C20H25ClN2O. The summed E-state index contributed by atoms with van der Waals surface area (Å²) in [6, 6.07) is 10.2. The molecule has 1 aromatic carbocycles. The van der Waals surface area contributed by atoms with E-state index in [0.29, 0.717) is 11.5 Å². The zero-order valence-electron chi connectivity index (χ0n) is 14.3. The Bertz CT molecular complexity index is 735. The summed E-state index contributed by atoms with van der Waals surface area (Å²) in [5.74, 6) is 0. The molecule has 0 bridgehead atoms. The third-order valence-corrected chi connectivity index (χ3v) is 6.13. The molecule has 2 aliphatic rings. The fourth-order valence-corrected chi connectivity index (χ4v) is 4.97. The quantitative estimate of drug-likeness (QED) is 0.809. The molecule has 4 rings (SSSR count). The van der Waals surface area contributed by atoms with Gasteiger partial charge in [0, 0.05) is 36.0 Å². The van der Waals surface area contributed by atoms with Crippen LogP contribution in [0.15, 0.2) is 30.3 Å². The minimum Gasteiger partial charge on any atom is -0.381 e. The number of pyridine rings is 1. The van der Waals surface area contributed by atoms with Crippen LogP contribution in [0.25, 0.3) is 10.9 Å². The van der Waals surface area contributed by atoms with E-state index < -0.39 is 0 Å². The van der Waals surface area contributed by atoms with Gasteiger partial charge in [-0.3, -0.25) is 9.88 Å². The summed E-state index contributed by atoms with van der Waals surface area (Å²) in [7, 11) is 1.88. The van der Waals surface area contributed by atoms with Crippen LogP contribution in [0.1, 0.15) is 37.8 Å². The van der Waals surface area contributed by atoms with Gasteiger partial charge in [0.05, 0.1) is 17.3 Å². The second-order valence-corrected chi connectivity index (χ2v) is 7.87. The number of hydrogen-bond donors (Lipinski definition) is 0. The van der Waals surface area contributed by atoms with Gasteiger partial charge in [0.2, 0.25) is 0 Å². The number of ether oxygens (including phenoxy) is 1. The van der Waals surface area contributed by atoms with Crippen LogP contribution >= 0.6 is 11.6 Å². The highest BCUT2D eigenvalue weighted by molar-refractivity contribution is 6.31. The normalized spacial score (nSPS) is 28.0. The number of nitrogens with zero attached hydrogens (tertiary/aromatic N) is 2. The van der Waals surface area contributed by atoms with Crippen LogP contribution in [0.4, 0.5) is 0 Å². The summed E-state index contributed by atoms with van der Waals surface area (Å²) in [6.45, 7) is 3.24. The number of benzene rings is 1. The molecule has 1 aliphatic carbocycles. The van der Waals surface area contributed by atoms with Gasteiger partial charge < -0.3 is 4.74 Å². The van der Waals surface area contributed by atoms with Crippen molar-refractivity contribution in [3.8, 4) is 0 Å². The molecular weight excluding hydrogens is 320 g/mol. The standard InChI is InChI=1S/C20H25ClN2O/c1-24-19-4-2-9-20(19)10-3-11-23(14-20)13-17-7-5-15-12-16(21)6-8-18(15)22-17/h5-8,12,19H,2-4,9-11,13-14H2,1H3/t19-,20-/m1/s1. The van der Waals surface area contributed by atoms with E-state index in [-0.39, 0.29) is 0 Å². The minimum atomic E-state index is 0.372. The van der Waals surface area contributed by atoms with Gasteiger partial charge in [-0.2, -0.15) is 0 Å². The van der Waals surface area contributed by atoms with E-state index in [9.17, 15) is 0 Å². The molecule has 128 valence electrons. The third kappa shape index (κ3) is 3.05. The molecule has 1 saturated carbocycles. The Labute approximate surface area is 149 Å². The number of fused-ring (bicyclic) bond motifs is 1. The van der Waals surface area contributed by atoms with Crippen molar-refractivity contribution < 1.29 is 4.74 Å². The molecule has 1 spiro atoms. The fraction of sp³-hybridized carbons (Fsp3) is 0.550. The average molecular weight is 345 g/mol. The minimum absolute atomic E-state index is 0.372. The summed E-state index contributed by atoms with van der Waals surface area (Å²) in [4.78, 5) is 7.41. The van der Waals surface area contributed by atoms with Crippen molar-refractivity contribution in [1.29, 1.82) is 0 Å². The number of rotatable bonds is 3. The van der Waals surface area contributed by atoms with Crippen molar-refractivity contribution in [2.24, 2.45) is 5.41 Å². The Morgan fingerprint density at radius 2 is 2.12 bits per heavy atom. The Balaban J connectivity index is 1.51. The highest BCUT2D eigenvalue weighted by Gasteiger charge is 2.45. The van der Waals surface area contributed by atoms with E-state index in [1.54, 1.807) is 0 Å². The predicted molar refractivity (Wildman–Crippen MR) is 98.3 cm³/mol. The monoisotopic (exact) mass is 344 g/mol. The lowest BCUT2D eigenvalue weighted by molar-refractivity contribution is -0.0368. The first-order valence-corrected chi connectivity index (χ1v) is 9.37. The van der Waals surface area contributed by atoms with E-state index in [0.717, 1.165) is 34.7 Å². The SMILES string of the molecule is CO[C@@H]1CCC[C@]12CCCN(Cc1ccc3cc(Cl)ccc3n1)C2. The van der Waals surface area contributed by atoms with Gasteiger partial charge in [-0.25, -0.2) is 0 Å². The lowest BCUT2D eigenvalue weighted by Gasteiger charge is -2.43. The average Bonchev–Trinajstić information content (AvgIpc) is 2.97. The van der Waals surface area contributed by atoms with Crippen LogP contribution in [0.3, 0.4) is 0 Å². The van der Waals surface area contributed by atoms with Crippen LogP contribution < -0.4 is 0 Å². The molecule has 1 aliphatic heterocycles. The topological polar surface area (TPSA) is 25.4 Å². The van der Waals surface area contributed by atoms with Gasteiger partial charge in [0.25, 0.3) is 0 Å². The first kappa shape index (κ1) is 16.3. The second-order valence-electron chi connectivity index (χ2n) is 7.43. The van der Waals surface area contributed by atoms with E-state index in [4.69, 9.17) is 21.3 Å². The molecule has 2 atom stereocenters. The van der Waals surface area contributed by atoms with Gasteiger partial charge in [-0.15, -0.1) is 0 Å². The number of hydrogen-bond acceptors (Lipinski definition) is 3. The van der Waals surface area contributed by atoms with Gasteiger partial charge in [-0.1, -0.05) is 24.1 Å². The number of piperidine rings is 1. The summed E-state index contributed by atoms with van der Waals surface area (Å²) in [6.07, 6.45) is 6.85. The van der Waals surface area contributed by atoms with E-state index in [1.165, 1.54) is 38.6 Å². The van der Waals surface area contributed by atoms with Gasteiger partial charge in [0.15, 0.2) is 0 Å². The van der Waals surface area contributed by atoms with Crippen molar-refractivity contribution in [3.63, 3.8) is 0 Å². The summed E-state index contributed by atoms with van der Waals surface area (Å²) < 4.78 is 5.82. The van der Waals surface area contributed by atoms with Gasteiger partial charge in [0.1, 0.15) is 0 Å². The third-order valence-electron chi connectivity index (χ3n) is 5.89. The zero-order chi connectivity index (χ0) is 16.6. The second kappa shape index (κ2) is 6.62. The van der Waals surface area contributed by atoms with E-state index in [2.05, 4.69) is 17.0 Å². The molecule has 2 heterocycles. The molecule has 0 unspecified atom stereocenters. The maximum atomic E-state index is 6.06. The summed E-state index contributed by atoms with van der Waals surface area (Å²) in [5, 5.41) is 1.87. The summed E-state index contributed by atoms with van der Waals surface area (Å²) in [5.41, 5.74) is 2.55. The van der Waals surface area contributed by atoms with Crippen molar-refractivity contribution in [2.75, 3.05) is 20.2 Å². The lowest BCUT2D eigenvalue weighted by Crippen LogP contribution is -2.47. The Hall–Kier alpha value is -1.16. The molecule has 24 heavy (non-hydrogen) atoms. The van der Waals surface area contributed by atoms with Gasteiger partial charge >= 0.3 is 0 Å². The number of aromatic nitrogens is 1. The van der Waals surface area contributed by atoms with Crippen LogP contribution in [-0.2, 0) is 11.3 Å². The molecule has 1 aromatic heterocycles. The molecule has 1 saturated heterocycles. The van der Waals surface area contributed by atoms with Crippen molar-refractivity contribution in [3.05, 3.63) is 41.0 Å². The van der Waals surface area contributed by atoms with Gasteiger partial charge in [-0.05, 0) is 56.5 Å². The van der Waals surface area contributed by atoms with Crippen LogP contribution in [-0.4, -0.2) is 36.2 Å². The maximum absolute atomic E-state index is 6.06. The zero-order valence-corrected chi connectivity index (χ0v) is 15.1. The van der Waals surface area contributed by atoms with Crippen LogP contribution in [0.2, 0.25) is 5.02 Å². The molecule has 0 N–H and O–H groups in total. The first-order chi connectivity index (χ1) is 11.7. The fourth-order valence-electron chi connectivity index (χ4n) is 4.79. The lowest BCUT2D eigenvalue weighted by atomic mass is 9.76. The number of methoxy groups -OCH3 is 1. The van der Waals surface area contributed by atoms with Crippen molar-refractivity contribution in [2.45, 2.75) is 44.8 Å². The molecule has 2 fully saturated rings. The predicted octanol–water partition coefficient (Wildman–Crippen LogP) is 4.67. The molecule has 2 aromatic rings. The van der Waals surface area contributed by atoms with Crippen molar-refractivity contribution in [1.82, 2.24) is 9.88 Å². The van der Waals surface area contributed by atoms with Crippen LogP contribution in [0, 0.1) is 5.41 Å². The molecule has 0 radical (unpaired) electrons. The largest absolute Gasteiger partial charge is 0.381 e. The van der Waals surface area contributed by atoms with E-state index in [1.807, 2.05) is 25.3 Å². The van der Waals surface area contributed by atoms with Crippen molar-refractivity contribution >= 4 is 22.5 Å². The molecule has 4 heteroatoms. The maximum Gasteiger partial charge on any atom is 0.0706 e. The molecule has 3 nitrogen and oxygen atoms in total. The Morgan fingerprint density at radius 3 is 3.00 bits per heavy atom. The molecule has 0 amide bonds. The smallest absolute Gasteiger partial charge is 0.0706 e. The Morgan fingerprint density at radius 1 is 1.25 bits per heavy atom. The first-order valence-electron chi connectivity index (χ1n) is 8.99. The Kier molecular flexibility index (Phi) is 4.50. The highest BCUT2D eigenvalue weighted by Crippen LogP contribution is 2.46. The van der Waals surface area contributed by atoms with E-state index >= 15 is 0 Å². The van der Waals surface area contributed by atoms with Crippen LogP contribution in [0.5, 0.6) is 0 Å².